The van der Waals surface area contributed by atoms with Crippen LogP contribution in [0.4, 0.5) is 4.79 Å². The molecule has 3 fully saturated rings. The lowest BCUT2D eigenvalue weighted by Gasteiger charge is -2.37. The Hall–Kier alpha value is -0.560. The second kappa shape index (κ2) is 7.81. The number of carbonyl (C=O) groups excluding carboxylic acids is 2. The molecule has 0 radical (unpaired) electrons. The van der Waals surface area contributed by atoms with Gasteiger partial charge in [0, 0.05) is 19.6 Å². The molecule has 128 valence electrons. The monoisotopic (exact) mass is 352 g/mol. The van der Waals surface area contributed by atoms with Gasteiger partial charge < -0.3 is 15.5 Å². The smallest absolute Gasteiger partial charge is 0.323 e. The minimum atomic E-state index is -0.625. The number of hydrogen-bond acceptors (Lipinski definition) is 4. The largest absolute Gasteiger partial charge is 0.325 e. The zero-order chi connectivity index (χ0) is 14.2. The predicted octanol–water partition coefficient (Wildman–Crippen LogP) is 0.988. The van der Waals surface area contributed by atoms with Crippen molar-refractivity contribution in [2.24, 2.45) is 0 Å². The van der Waals surface area contributed by atoms with Gasteiger partial charge in [0.15, 0.2) is 0 Å². The molecule has 2 N–H and O–H groups in total. The molecule has 8 heteroatoms. The number of rotatable bonds is 2. The molecule has 1 spiro atoms. The Balaban J connectivity index is 0.00000121. The molecule has 3 heterocycles. The average Bonchev–Trinajstić information content (AvgIpc) is 2.72. The van der Waals surface area contributed by atoms with Crippen LogP contribution in [0.25, 0.3) is 0 Å². The zero-order valence-electron chi connectivity index (χ0n) is 13.0. The lowest BCUT2D eigenvalue weighted by molar-refractivity contribution is -0.134. The van der Waals surface area contributed by atoms with Crippen LogP contribution in [-0.2, 0) is 4.79 Å². The van der Waals surface area contributed by atoms with Gasteiger partial charge >= 0.3 is 6.03 Å². The third-order valence-corrected chi connectivity index (χ3v) is 4.99. The van der Waals surface area contributed by atoms with Gasteiger partial charge in [-0.2, -0.15) is 0 Å². The molecule has 0 aliphatic carbocycles. The molecule has 3 aliphatic rings. The predicted molar refractivity (Wildman–Crippen MR) is 89.8 cm³/mol. The number of hydrogen-bond donors (Lipinski definition) is 2. The van der Waals surface area contributed by atoms with Gasteiger partial charge in [0.05, 0.1) is 6.04 Å². The Morgan fingerprint density at radius 2 is 1.91 bits per heavy atom. The van der Waals surface area contributed by atoms with Gasteiger partial charge in [-0.3, -0.25) is 9.69 Å². The maximum Gasteiger partial charge on any atom is 0.325 e. The number of nitrogens with one attached hydrogen (secondary N) is 2. The topological polar surface area (TPSA) is 64.7 Å². The van der Waals surface area contributed by atoms with Crippen molar-refractivity contribution in [3.8, 4) is 0 Å². The van der Waals surface area contributed by atoms with E-state index in [0.717, 1.165) is 58.4 Å². The third-order valence-electron chi connectivity index (χ3n) is 4.99. The van der Waals surface area contributed by atoms with Crippen LogP contribution in [0.3, 0.4) is 0 Å². The van der Waals surface area contributed by atoms with Gasteiger partial charge in [-0.1, -0.05) is 6.92 Å². The summed E-state index contributed by atoms with van der Waals surface area (Å²) in [4.78, 5) is 28.9. The van der Waals surface area contributed by atoms with Gasteiger partial charge in [-0.05, 0) is 38.8 Å². The van der Waals surface area contributed by atoms with Crippen molar-refractivity contribution in [1.29, 1.82) is 0 Å². The number of halogens is 2. The summed E-state index contributed by atoms with van der Waals surface area (Å²) in [5.74, 6) is 0.00644. The summed E-state index contributed by atoms with van der Waals surface area (Å²) in [7, 11) is 0. The van der Waals surface area contributed by atoms with E-state index >= 15 is 0 Å². The van der Waals surface area contributed by atoms with Crippen LogP contribution >= 0.6 is 24.8 Å². The summed E-state index contributed by atoms with van der Waals surface area (Å²) in [6.07, 6.45) is 3.42. The number of amides is 3. The van der Waals surface area contributed by atoms with E-state index in [1.54, 1.807) is 0 Å². The highest BCUT2D eigenvalue weighted by Crippen LogP contribution is 2.31. The summed E-state index contributed by atoms with van der Waals surface area (Å²) < 4.78 is 0. The Morgan fingerprint density at radius 1 is 1.23 bits per heavy atom. The summed E-state index contributed by atoms with van der Waals surface area (Å²) in [6, 6.07) is -0.159. The first-order valence-electron chi connectivity index (χ1n) is 7.75. The van der Waals surface area contributed by atoms with E-state index in [4.69, 9.17) is 0 Å². The lowest BCUT2D eigenvalue weighted by atomic mass is 9.87. The van der Waals surface area contributed by atoms with Crippen LogP contribution < -0.4 is 10.6 Å². The molecule has 1 atom stereocenters. The van der Waals surface area contributed by atoms with E-state index in [1.807, 2.05) is 0 Å². The first-order chi connectivity index (χ1) is 9.66. The van der Waals surface area contributed by atoms with Crippen molar-refractivity contribution in [3.63, 3.8) is 0 Å². The molecule has 0 bridgehead atoms. The number of likely N-dealkylation sites (tertiary alicyclic amines) is 1. The van der Waals surface area contributed by atoms with E-state index < -0.39 is 5.54 Å². The van der Waals surface area contributed by atoms with Crippen LogP contribution in [0.15, 0.2) is 0 Å². The van der Waals surface area contributed by atoms with Crippen molar-refractivity contribution in [2.45, 2.75) is 44.2 Å². The van der Waals surface area contributed by atoms with E-state index in [9.17, 15) is 9.59 Å². The Labute approximate surface area is 144 Å². The molecule has 0 saturated carbocycles. The number of imide groups is 1. The highest BCUT2D eigenvalue weighted by atomic mass is 35.5. The normalized spacial score (nSPS) is 28.0. The molecule has 0 aromatic carbocycles. The van der Waals surface area contributed by atoms with Gasteiger partial charge in [-0.15, -0.1) is 24.8 Å². The van der Waals surface area contributed by atoms with Crippen LogP contribution in [0.2, 0.25) is 0 Å². The van der Waals surface area contributed by atoms with Crippen molar-refractivity contribution in [2.75, 3.05) is 32.7 Å². The number of nitrogens with zero attached hydrogens (tertiary/aromatic N) is 2. The number of carbonyl (C=O) groups is 2. The van der Waals surface area contributed by atoms with Crippen LogP contribution in [0, 0.1) is 0 Å². The second-order valence-electron chi connectivity index (χ2n) is 6.12. The zero-order valence-corrected chi connectivity index (χ0v) is 14.6. The Kier molecular flexibility index (Phi) is 6.92. The highest BCUT2D eigenvalue weighted by Gasteiger charge is 2.53. The van der Waals surface area contributed by atoms with Gasteiger partial charge in [0.25, 0.3) is 5.91 Å². The van der Waals surface area contributed by atoms with Gasteiger partial charge in [-0.25, -0.2) is 4.79 Å². The van der Waals surface area contributed by atoms with Crippen LogP contribution in [-0.4, -0.2) is 66.0 Å². The standard InChI is InChI=1S/C14H24N4O2.2ClH/c1-2-17-8-5-14(6-9-17)12(19)18(13(20)16-14)11-4-3-7-15-10-11;;/h11,15H,2-10H2,1H3,(H,16,20);2*1H. The Bertz CT molecular complexity index is 408. The average molecular weight is 353 g/mol. The maximum atomic E-state index is 12.8. The molecule has 3 saturated heterocycles. The van der Waals surface area contributed by atoms with Crippen molar-refractivity contribution >= 4 is 36.8 Å². The molecular weight excluding hydrogens is 327 g/mol. The molecule has 0 aromatic heterocycles. The van der Waals surface area contributed by atoms with Crippen molar-refractivity contribution < 1.29 is 9.59 Å². The van der Waals surface area contributed by atoms with Crippen LogP contribution in [0.5, 0.6) is 0 Å². The summed E-state index contributed by atoms with van der Waals surface area (Å²) in [5.41, 5.74) is -0.625. The molecule has 3 rings (SSSR count). The van der Waals surface area contributed by atoms with E-state index in [0.29, 0.717) is 0 Å². The van der Waals surface area contributed by atoms with Gasteiger partial charge in [0.2, 0.25) is 0 Å². The molecular formula is C14H26Cl2N4O2. The molecule has 6 nitrogen and oxygen atoms in total. The van der Waals surface area contributed by atoms with E-state index in [1.165, 1.54) is 4.90 Å². The molecule has 0 aromatic rings. The fourth-order valence-electron chi connectivity index (χ4n) is 3.62. The SMILES string of the molecule is CCN1CCC2(CC1)NC(=O)N(C1CCCNC1)C2=O.Cl.Cl. The molecule has 1 unspecified atom stereocenters. The lowest BCUT2D eigenvalue weighted by Crippen LogP contribution is -2.55. The molecule has 22 heavy (non-hydrogen) atoms. The Morgan fingerprint density at radius 3 is 2.45 bits per heavy atom. The fraction of sp³-hybridized carbons (Fsp3) is 0.857. The summed E-state index contributed by atoms with van der Waals surface area (Å²) >= 11 is 0. The first kappa shape index (κ1) is 19.5. The van der Waals surface area contributed by atoms with E-state index in [2.05, 4.69) is 22.5 Å². The quantitative estimate of drug-likeness (QED) is 0.727. The fourth-order valence-corrected chi connectivity index (χ4v) is 3.62. The maximum absolute atomic E-state index is 12.8. The van der Waals surface area contributed by atoms with Crippen molar-refractivity contribution in [1.82, 2.24) is 20.4 Å². The molecule has 3 aliphatic heterocycles. The molecule has 3 amide bonds. The summed E-state index contributed by atoms with van der Waals surface area (Å²) in [5, 5.41) is 6.27. The van der Waals surface area contributed by atoms with E-state index in [-0.39, 0.29) is 42.8 Å². The van der Waals surface area contributed by atoms with Crippen LogP contribution in [0.1, 0.15) is 32.6 Å². The number of piperidine rings is 2. The highest BCUT2D eigenvalue weighted by molar-refractivity contribution is 6.07. The summed E-state index contributed by atoms with van der Waals surface area (Å²) in [6.45, 7) is 6.63. The van der Waals surface area contributed by atoms with Gasteiger partial charge in [0.1, 0.15) is 5.54 Å². The third kappa shape index (κ3) is 3.35. The second-order valence-corrected chi connectivity index (χ2v) is 6.12. The van der Waals surface area contributed by atoms with Crippen molar-refractivity contribution in [3.05, 3.63) is 0 Å². The number of urea groups is 1. The first-order valence-corrected chi connectivity index (χ1v) is 7.75. The minimum Gasteiger partial charge on any atom is -0.323 e. The minimum absolute atomic E-state index is 0.